The number of ketones is 1. The molecule has 29 heavy (non-hydrogen) atoms. The first-order chi connectivity index (χ1) is 14.1. The summed E-state index contributed by atoms with van der Waals surface area (Å²) in [6.45, 7) is 4.24. The predicted octanol–water partition coefficient (Wildman–Crippen LogP) is 4.70. The minimum Gasteiger partial charge on any atom is -0.492 e. The van der Waals surface area contributed by atoms with Crippen molar-refractivity contribution in [1.29, 1.82) is 5.26 Å². The summed E-state index contributed by atoms with van der Waals surface area (Å²) >= 11 is 0. The number of rotatable bonds is 4. The molecule has 3 aromatic rings. The van der Waals surface area contributed by atoms with Crippen molar-refractivity contribution in [1.82, 2.24) is 4.98 Å². The summed E-state index contributed by atoms with van der Waals surface area (Å²) in [6, 6.07) is 15.2. The second kappa shape index (κ2) is 7.76. The van der Waals surface area contributed by atoms with Gasteiger partial charge in [0.2, 0.25) is 0 Å². The molecule has 0 saturated heterocycles. The molecule has 5 nitrogen and oxygen atoms in total. The number of aromatic nitrogens is 1. The van der Waals surface area contributed by atoms with Gasteiger partial charge in [0, 0.05) is 24.4 Å². The van der Waals surface area contributed by atoms with E-state index in [4.69, 9.17) is 14.7 Å². The second-order valence-corrected chi connectivity index (χ2v) is 7.06. The van der Waals surface area contributed by atoms with E-state index in [0.29, 0.717) is 35.7 Å². The molecule has 2 heterocycles. The zero-order valence-corrected chi connectivity index (χ0v) is 16.3. The van der Waals surface area contributed by atoms with Crippen LogP contribution in [-0.2, 0) is 0 Å². The summed E-state index contributed by atoms with van der Waals surface area (Å²) in [4.78, 5) is 16.4. The molecule has 0 saturated carbocycles. The van der Waals surface area contributed by atoms with Gasteiger partial charge in [0.15, 0.2) is 5.78 Å². The molecule has 0 spiro atoms. The van der Waals surface area contributed by atoms with E-state index in [1.54, 1.807) is 24.5 Å². The molecule has 5 heteroatoms. The Kier molecular flexibility index (Phi) is 5.01. The van der Waals surface area contributed by atoms with E-state index in [1.807, 2.05) is 44.2 Å². The number of nitriles is 1. The third kappa shape index (κ3) is 3.57. The van der Waals surface area contributed by atoms with Crippen LogP contribution in [0.15, 0.2) is 54.9 Å². The summed E-state index contributed by atoms with van der Waals surface area (Å²) in [5.41, 5.74) is 4.78. The van der Waals surface area contributed by atoms with E-state index < -0.39 is 0 Å². The molecule has 1 aliphatic rings. The molecule has 2 aromatic carbocycles. The Morgan fingerprint density at radius 3 is 2.48 bits per heavy atom. The number of pyridine rings is 1. The molecule has 0 unspecified atom stereocenters. The maximum Gasteiger partial charge on any atom is 0.170 e. The molecule has 1 atom stereocenters. The van der Waals surface area contributed by atoms with Crippen molar-refractivity contribution in [3.05, 3.63) is 88.2 Å². The largest absolute Gasteiger partial charge is 0.492 e. The molecule has 0 aliphatic carbocycles. The number of carbonyl (C=O) groups is 1. The third-order valence-electron chi connectivity index (χ3n) is 5.11. The standard InChI is InChI=1S/C24H20N2O3/c1-15-13-20-21(27)9-12-28-23(20)16(2)22(15)29-24(19-7-10-26-11-8-19)18-5-3-17(14-25)4-6-18/h3-8,10-11,13,24H,9,12H2,1-2H3/t24-/m1/s1. The number of hydrogen-bond acceptors (Lipinski definition) is 5. The number of ether oxygens (including phenoxy) is 2. The van der Waals surface area contributed by atoms with Crippen molar-refractivity contribution >= 4 is 5.78 Å². The number of carbonyl (C=O) groups excluding carboxylic acids is 1. The number of fused-ring (bicyclic) bond motifs is 1. The number of hydrogen-bond donors (Lipinski definition) is 0. The molecule has 0 fully saturated rings. The van der Waals surface area contributed by atoms with Crippen molar-refractivity contribution in [3.8, 4) is 17.6 Å². The Balaban J connectivity index is 1.79. The third-order valence-corrected chi connectivity index (χ3v) is 5.11. The van der Waals surface area contributed by atoms with Crippen LogP contribution in [0.2, 0.25) is 0 Å². The van der Waals surface area contributed by atoms with E-state index in [-0.39, 0.29) is 11.9 Å². The smallest absolute Gasteiger partial charge is 0.170 e. The van der Waals surface area contributed by atoms with Crippen LogP contribution in [-0.4, -0.2) is 17.4 Å². The SMILES string of the molecule is Cc1cc2c(c(C)c1O[C@@H](c1ccncc1)c1ccc(C#N)cc1)OCCC2=O. The molecule has 144 valence electrons. The molecular formula is C24H20N2O3. The van der Waals surface area contributed by atoms with Crippen LogP contribution >= 0.6 is 0 Å². The highest BCUT2D eigenvalue weighted by Gasteiger charge is 2.26. The van der Waals surface area contributed by atoms with Crippen LogP contribution in [0.25, 0.3) is 0 Å². The van der Waals surface area contributed by atoms with Crippen LogP contribution in [0.3, 0.4) is 0 Å². The normalized spacial score (nSPS) is 13.8. The lowest BCUT2D eigenvalue weighted by atomic mass is 9.97. The maximum atomic E-state index is 12.3. The van der Waals surface area contributed by atoms with Crippen molar-refractivity contribution < 1.29 is 14.3 Å². The summed E-state index contributed by atoms with van der Waals surface area (Å²) in [5, 5.41) is 9.10. The van der Waals surface area contributed by atoms with Gasteiger partial charge in [-0.2, -0.15) is 5.26 Å². The van der Waals surface area contributed by atoms with E-state index in [2.05, 4.69) is 11.1 Å². The fourth-order valence-corrected chi connectivity index (χ4v) is 3.62. The van der Waals surface area contributed by atoms with Crippen LogP contribution < -0.4 is 9.47 Å². The Hall–Kier alpha value is -3.65. The Bertz CT molecular complexity index is 1100. The van der Waals surface area contributed by atoms with Gasteiger partial charge in [-0.15, -0.1) is 0 Å². The Labute approximate surface area is 169 Å². The van der Waals surface area contributed by atoms with E-state index >= 15 is 0 Å². The summed E-state index contributed by atoms with van der Waals surface area (Å²) in [5.74, 6) is 1.40. The van der Waals surface area contributed by atoms with Gasteiger partial charge in [0.25, 0.3) is 0 Å². The first-order valence-corrected chi connectivity index (χ1v) is 9.45. The number of benzene rings is 2. The first kappa shape index (κ1) is 18.7. The van der Waals surface area contributed by atoms with Gasteiger partial charge in [-0.3, -0.25) is 9.78 Å². The monoisotopic (exact) mass is 384 g/mol. The highest BCUT2D eigenvalue weighted by atomic mass is 16.5. The molecule has 1 aromatic heterocycles. The lowest BCUT2D eigenvalue weighted by Gasteiger charge is -2.26. The number of aryl methyl sites for hydroxylation is 1. The first-order valence-electron chi connectivity index (χ1n) is 9.45. The van der Waals surface area contributed by atoms with E-state index in [0.717, 1.165) is 22.3 Å². The van der Waals surface area contributed by atoms with Crippen LogP contribution in [0.5, 0.6) is 11.5 Å². The van der Waals surface area contributed by atoms with E-state index in [1.165, 1.54) is 0 Å². The zero-order valence-electron chi connectivity index (χ0n) is 16.3. The van der Waals surface area contributed by atoms with E-state index in [9.17, 15) is 4.79 Å². The van der Waals surface area contributed by atoms with Gasteiger partial charge in [-0.05, 0) is 60.9 Å². The fraction of sp³-hybridized carbons (Fsp3) is 0.208. The highest BCUT2D eigenvalue weighted by Crippen LogP contribution is 2.40. The molecule has 1 aliphatic heterocycles. The fourth-order valence-electron chi connectivity index (χ4n) is 3.62. The van der Waals surface area contributed by atoms with Crippen molar-refractivity contribution in [3.63, 3.8) is 0 Å². The Morgan fingerprint density at radius 1 is 1.10 bits per heavy atom. The number of nitrogens with zero attached hydrogens (tertiary/aromatic N) is 2. The molecule has 0 bridgehead atoms. The second-order valence-electron chi connectivity index (χ2n) is 7.06. The predicted molar refractivity (Wildman–Crippen MR) is 108 cm³/mol. The van der Waals surface area contributed by atoms with Crippen LogP contribution in [0.1, 0.15) is 50.7 Å². The molecule has 0 radical (unpaired) electrons. The van der Waals surface area contributed by atoms with Crippen LogP contribution in [0, 0.1) is 25.2 Å². The molecular weight excluding hydrogens is 364 g/mol. The number of Topliss-reactive ketones (excluding diaryl/α,β-unsaturated/α-hetero) is 1. The minimum absolute atomic E-state index is 0.0989. The van der Waals surface area contributed by atoms with Gasteiger partial charge in [0.05, 0.1) is 23.8 Å². The van der Waals surface area contributed by atoms with Gasteiger partial charge in [-0.1, -0.05) is 12.1 Å². The minimum atomic E-state index is -0.388. The van der Waals surface area contributed by atoms with Gasteiger partial charge in [-0.25, -0.2) is 0 Å². The summed E-state index contributed by atoms with van der Waals surface area (Å²) in [6.07, 6.45) is 3.46. The van der Waals surface area contributed by atoms with Gasteiger partial charge < -0.3 is 9.47 Å². The average Bonchev–Trinajstić information content (AvgIpc) is 2.75. The van der Waals surface area contributed by atoms with Crippen molar-refractivity contribution in [2.24, 2.45) is 0 Å². The highest BCUT2D eigenvalue weighted by molar-refractivity contribution is 6.00. The quantitative estimate of drug-likeness (QED) is 0.652. The molecule has 0 N–H and O–H groups in total. The maximum absolute atomic E-state index is 12.3. The summed E-state index contributed by atoms with van der Waals surface area (Å²) < 4.78 is 12.3. The van der Waals surface area contributed by atoms with Crippen molar-refractivity contribution in [2.75, 3.05) is 6.61 Å². The Morgan fingerprint density at radius 2 is 1.79 bits per heavy atom. The van der Waals surface area contributed by atoms with Crippen molar-refractivity contribution in [2.45, 2.75) is 26.4 Å². The average molecular weight is 384 g/mol. The topological polar surface area (TPSA) is 72.2 Å². The lowest BCUT2D eigenvalue weighted by molar-refractivity contribution is 0.0932. The lowest BCUT2D eigenvalue weighted by Crippen LogP contribution is -2.18. The van der Waals surface area contributed by atoms with Gasteiger partial charge in [0.1, 0.15) is 17.6 Å². The van der Waals surface area contributed by atoms with Gasteiger partial charge >= 0.3 is 0 Å². The summed E-state index contributed by atoms with van der Waals surface area (Å²) in [7, 11) is 0. The zero-order chi connectivity index (χ0) is 20.4. The molecule has 0 amide bonds. The molecule has 4 rings (SSSR count). The van der Waals surface area contributed by atoms with Crippen LogP contribution in [0.4, 0.5) is 0 Å².